The third-order valence-corrected chi connectivity index (χ3v) is 8.16. The molecule has 4 aromatic rings. The summed E-state index contributed by atoms with van der Waals surface area (Å²) in [6.45, 7) is 3.51. The number of hydrazone groups is 2. The summed E-state index contributed by atoms with van der Waals surface area (Å²) < 4.78 is 60.4. The summed E-state index contributed by atoms with van der Waals surface area (Å²) in [4.78, 5) is 9.26. The standard InChI is InChI=1S/C28H28FN7O4S2/c1-18(20-5-13-24(14-6-20)41(3,37)38)33-35-26-17-27(32-28(31-26)30-23-11-9-22(29)10-12-23)36-34-19(2)21-7-15-25(16-8-21)42(4,39)40/h5-17H,1-4H3,(H3,30,31,32,35,36). The maximum atomic E-state index is 13.4. The van der Waals surface area contributed by atoms with Crippen molar-refractivity contribution >= 4 is 54.4 Å². The van der Waals surface area contributed by atoms with Crippen molar-refractivity contribution in [1.29, 1.82) is 0 Å². The van der Waals surface area contributed by atoms with Gasteiger partial charge in [-0.05, 0) is 73.5 Å². The first-order valence-corrected chi connectivity index (χ1v) is 16.2. The molecule has 0 radical (unpaired) electrons. The molecule has 0 unspecified atom stereocenters. The molecule has 0 spiro atoms. The Morgan fingerprint density at radius 1 is 0.667 bits per heavy atom. The van der Waals surface area contributed by atoms with Gasteiger partial charge in [0.25, 0.3) is 0 Å². The molecule has 4 rings (SSSR count). The van der Waals surface area contributed by atoms with Crippen LogP contribution in [-0.2, 0) is 19.7 Å². The Balaban J connectivity index is 1.59. The Hall–Kier alpha value is -4.69. The molecule has 0 saturated heterocycles. The molecule has 3 N–H and O–H groups in total. The van der Waals surface area contributed by atoms with Gasteiger partial charge in [-0.2, -0.15) is 20.2 Å². The molecule has 218 valence electrons. The summed E-state index contributed by atoms with van der Waals surface area (Å²) in [5, 5.41) is 11.7. The van der Waals surface area contributed by atoms with Crippen molar-refractivity contribution in [3.05, 3.63) is 95.8 Å². The first kappa shape index (κ1) is 30.3. The van der Waals surface area contributed by atoms with Crippen molar-refractivity contribution in [3.63, 3.8) is 0 Å². The van der Waals surface area contributed by atoms with Crippen molar-refractivity contribution in [2.75, 3.05) is 28.7 Å². The quantitative estimate of drug-likeness (QED) is 0.169. The maximum absolute atomic E-state index is 13.4. The minimum Gasteiger partial charge on any atom is -0.324 e. The van der Waals surface area contributed by atoms with E-state index in [1.54, 1.807) is 44.2 Å². The zero-order valence-corrected chi connectivity index (χ0v) is 24.8. The van der Waals surface area contributed by atoms with E-state index in [1.165, 1.54) is 48.5 Å². The molecule has 1 heterocycles. The van der Waals surface area contributed by atoms with E-state index in [0.29, 0.717) is 39.9 Å². The number of anilines is 4. The summed E-state index contributed by atoms with van der Waals surface area (Å²) in [7, 11) is -6.64. The Bertz CT molecular complexity index is 1750. The minimum atomic E-state index is -3.32. The van der Waals surface area contributed by atoms with Crippen LogP contribution in [0.25, 0.3) is 0 Å². The molecule has 0 aliphatic heterocycles. The van der Waals surface area contributed by atoms with Crippen molar-refractivity contribution in [2.24, 2.45) is 10.2 Å². The second kappa shape index (κ2) is 12.4. The second-order valence-electron chi connectivity index (χ2n) is 9.31. The van der Waals surface area contributed by atoms with Crippen molar-refractivity contribution in [3.8, 4) is 0 Å². The molecule has 0 aliphatic rings. The molecule has 0 amide bonds. The van der Waals surface area contributed by atoms with Crippen molar-refractivity contribution < 1.29 is 21.2 Å². The van der Waals surface area contributed by atoms with E-state index >= 15 is 0 Å². The third-order valence-electron chi connectivity index (χ3n) is 5.90. The van der Waals surface area contributed by atoms with Gasteiger partial charge in [0.05, 0.1) is 21.2 Å². The lowest BCUT2D eigenvalue weighted by Gasteiger charge is -2.10. The molecule has 0 fully saturated rings. The van der Waals surface area contributed by atoms with Gasteiger partial charge < -0.3 is 5.32 Å². The molecule has 42 heavy (non-hydrogen) atoms. The summed E-state index contributed by atoms with van der Waals surface area (Å²) >= 11 is 0. The van der Waals surface area contributed by atoms with Crippen LogP contribution in [0.2, 0.25) is 0 Å². The second-order valence-corrected chi connectivity index (χ2v) is 13.3. The largest absolute Gasteiger partial charge is 0.324 e. The van der Waals surface area contributed by atoms with Crippen LogP contribution in [0.3, 0.4) is 0 Å². The summed E-state index contributed by atoms with van der Waals surface area (Å²) in [6.07, 6.45) is 2.28. The van der Waals surface area contributed by atoms with E-state index in [9.17, 15) is 21.2 Å². The lowest BCUT2D eigenvalue weighted by Crippen LogP contribution is -2.07. The molecule has 1 aromatic heterocycles. The Labute approximate surface area is 243 Å². The van der Waals surface area contributed by atoms with E-state index in [0.717, 1.165) is 12.5 Å². The third kappa shape index (κ3) is 8.17. The van der Waals surface area contributed by atoms with E-state index in [1.807, 2.05) is 0 Å². The fraction of sp³-hybridized carbons (Fsp3) is 0.143. The number of halogens is 1. The van der Waals surface area contributed by atoms with Gasteiger partial charge >= 0.3 is 0 Å². The maximum Gasteiger partial charge on any atom is 0.231 e. The zero-order valence-electron chi connectivity index (χ0n) is 23.1. The van der Waals surface area contributed by atoms with E-state index in [-0.39, 0.29) is 21.6 Å². The van der Waals surface area contributed by atoms with Gasteiger partial charge in [-0.1, -0.05) is 24.3 Å². The first-order chi connectivity index (χ1) is 19.8. The number of rotatable bonds is 10. The highest BCUT2D eigenvalue weighted by atomic mass is 32.2. The minimum absolute atomic E-state index is 0.171. The Morgan fingerprint density at radius 3 is 1.45 bits per heavy atom. The molecule has 14 heteroatoms. The number of hydrogen-bond acceptors (Lipinski definition) is 11. The van der Waals surface area contributed by atoms with Crippen LogP contribution < -0.4 is 16.2 Å². The molecular weight excluding hydrogens is 581 g/mol. The van der Waals surface area contributed by atoms with Gasteiger partial charge in [-0.3, -0.25) is 10.9 Å². The smallest absolute Gasteiger partial charge is 0.231 e. The van der Waals surface area contributed by atoms with Gasteiger partial charge in [-0.15, -0.1) is 0 Å². The number of sulfone groups is 2. The van der Waals surface area contributed by atoms with Crippen molar-refractivity contribution in [1.82, 2.24) is 9.97 Å². The Kier molecular flexibility index (Phi) is 8.97. The predicted octanol–water partition coefficient (Wildman–Crippen LogP) is 4.84. The van der Waals surface area contributed by atoms with Crippen LogP contribution in [0.5, 0.6) is 0 Å². The van der Waals surface area contributed by atoms with Gasteiger partial charge in [-0.25, -0.2) is 21.2 Å². The van der Waals surface area contributed by atoms with E-state index in [4.69, 9.17) is 0 Å². The van der Waals surface area contributed by atoms with Crippen LogP contribution in [-0.4, -0.2) is 50.7 Å². The van der Waals surface area contributed by atoms with E-state index in [2.05, 4.69) is 36.3 Å². The Morgan fingerprint density at radius 2 is 1.07 bits per heavy atom. The number of benzene rings is 3. The number of hydrogen-bond donors (Lipinski definition) is 3. The molecule has 3 aromatic carbocycles. The SMILES string of the molecule is CC(=NNc1cc(NN=C(C)c2ccc(S(C)(=O)=O)cc2)nc(Nc2ccc(F)cc2)n1)c1ccc(S(C)(=O)=O)cc1. The van der Waals surface area contributed by atoms with Crippen LogP contribution in [0.4, 0.5) is 27.7 Å². The fourth-order valence-electron chi connectivity index (χ4n) is 3.58. The molecule has 0 saturated carbocycles. The molecule has 0 atom stereocenters. The zero-order chi connectivity index (χ0) is 30.5. The molecular formula is C28H28FN7O4S2. The number of nitrogens with one attached hydrogen (secondary N) is 3. The highest BCUT2D eigenvalue weighted by Crippen LogP contribution is 2.20. The number of nitrogens with zero attached hydrogens (tertiary/aromatic N) is 4. The average molecular weight is 610 g/mol. The van der Waals surface area contributed by atoms with Gasteiger partial charge in [0.2, 0.25) is 5.95 Å². The highest BCUT2D eigenvalue weighted by Gasteiger charge is 2.10. The summed E-state index contributed by atoms with van der Waals surface area (Å²) in [6, 6.07) is 19.9. The van der Waals surface area contributed by atoms with Crippen LogP contribution >= 0.6 is 0 Å². The fourth-order valence-corrected chi connectivity index (χ4v) is 4.84. The summed E-state index contributed by atoms with van der Waals surface area (Å²) in [5.74, 6) is 0.386. The van der Waals surface area contributed by atoms with Gasteiger partial charge in [0.1, 0.15) is 5.82 Å². The van der Waals surface area contributed by atoms with Crippen LogP contribution in [0.1, 0.15) is 25.0 Å². The van der Waals surface area contributed by atoms with Crippen LogP contribution in [0, 0.1) is 5.82 Å². The van der Waals surface area contributed by atoms with Crippen LogP contribution in [0.15, 0.2) is 98.9 Å². The van der Waals surface area contributed by atoms with E-state index < -0.39 is 19.7 Å². The molecule has 11 nitrogen and oxygen atoms in total. The average Bonchev–Trinajstić information content (AvgIpc) is 2.95. The predicted molar refractivity (Wildman–Crippen MR) is 162 cm³/mol. The first-order valence-electron chi connectivity index (χ1n) is 12.4. The van der Waals surface area contributed by atoms with Gasteiger partial charge in [0.15, 0.2) is 31.3 Å². The molecule has 0 bridgehead atoms. The lowest BCUT2D eigenvalue weighted by atomic mass is 10.1. The normalized spacial score (nSPS) is 12.6. The monoisotopic (exact) mass is 609 g/mol. The number of aromatic nitrogens is 2. The highest BCUT2D eigenvalue weighted by molar-refractivity contribution is 7.91. The van der Waals surface area contributed by atoms with Gasteiger partial charge in [0, 0.05) is 24.3 Å². The topological polar surface area (TPSA) is 155 Å². The summed E-state index contributed by atoms with van der Waals surface area (Å²) in [5.41, 5.74) is 8.85. The van der Waals surface area contributed by atoms with Crippen molar-refractivity contribution in [2.45, 2.75) is 23.6 Å². The lowest BCUT2D eigenvalue weighted by molar-refractivity contribution is 0.600. The molecule has 0 aliphatic carbocycles.